The highest BCUT2D eigenvalue weighted by atomic mass is 19.1. The molecule has 8 heteroatoms. The van der Waals surface area contributed by atoms with Crippen LogP contribution in [0.3, 0.4) is 0 Å². The maximum absolute atomic E-state index is 13.3. The summed E-state index contributed by atoms with van der Waals surface area (Å²) in [6.45, 7) is 4.03. The molecule has 23 heavy (non-hydrogen) atoms. The summed E-state index contributed by atoms with van der Waals surface area (Å²) in [5, 5.41) is 6.03. The van der Waals surface area contributed by atoms with Gasteiger partial charge in [0.15, 0.2) is 5.82 Å². The molecule has 0 spiro atoms. The molecule has 2 rings (SSSR count). The lowest BCUT2D eigenvalue weighted by Gasteiger charge is -2.20. The molecule has 0 bridgehead atoms. The lowest BCUT2D eigenvalue weighted by Crippen LogP contribution is -2.35. The molecule has 0 saturated carbocycles. The van der Waals surface area contributed by atoms with E-state index in [1.807, 2.05) is 0 Å². The van der Waals surface area contributed by atoms with E-state index in [-0.39, 0.29) is 17.9 Å². The van der Waals surface area contributed by atoms with E-state index in [0.29, 0.717) is 23.4 Å². The van der Waals surface area contributed by atoms with Crippen molar-refractivity contribution in [1.29, 1.82) is 0 Å². The lowest BCUT2D eigenvalue weighted by atomic mass is 10.1. The molecule has 124 valence electrons. The van der Waals surface area contributed by atoms with E-state index in [0.717, 1.165) is 25.5 Å². The zero-order valence-corrected chi connectivity index (χ0v) is 13.3. The Balaban J connectivity index is 2.27. The van der Waals surface area contributed by atoms with Crippen molar-refractivity contribution in [1.82, 2.24) is 20.3 Å². The number of nitrogens with zero attached hydrogens (tertiary/aromatic N) is 3. The SMILES string of the molecule is CCCCC(CNC(C)=O)Nc1nc(N)nc2cc(F)cnc12. The van der Waals surface area contributed by atoms with Crippen molar-refractivity contribution in [3.63, 3.8) is 0 Å². The Morgan fingerprint density at radius 3 is 2.91 bits per heavy atom. The standard InChI is InChI=1S/C15H21FN6O/c1-3-4-5-11(8-18-9(2)23)20-14-13-12(21-15(17)22-14)6-10(16)7-19-13/h6-7,11H,3-5,8H2,1-2H3,(H,18,23)(H3,17,20,21,22). The second kappa shape index (κ2) is 7.66. The Bertz CT molecular complexity index is 688. The number of carbonyl (C=O) groups excluding carboxylic acids is 1. The van der Waals surface area contributed by atoms with Crippen LogP contribution in [-0.2, 0) is 4.79 Å². The van der Waals surface area contributed by atoms with E-state index in [9.17, 15) is 9.18 Å². The fourth-order valence-corrected chi connectivity index (χ4v) is 2.25. The minimum absolute atomic E-state index is 0.0248. The fourth-order valence-electron chi connectivity index (χ4n) is 2.25. The number of rotatable bonds is 7. The summed E-state index contributed by atoms with van der Waals surface area (Å²) in [7, 11) is 0. The van der Waals surface area contributed by atoms with E-state index in [4.69, 9.17) is 5.73 Å². The van der Waals surface area contributed by atoms with Crippen LogP contribution in [0.15, 0.2) is 12.3 Å². The van der Waals surface area contributed by atoms with E-state index in [1.54, 1.807) is 0 Å². The van der Waals surface area contributed by atoms with E-state index in [2.05, 4.69) is 32.5 Å². The van der Waals surface area contributed by atoms with Crippen molar-refractivity contribution in [2.24, 2.45) is 0 Å². The van der Waals surface area contributed by atoms with Gasteiger partial charge in [0, 0.05) is 25.6 Å². The molecule has 0 aliphatic heterocycles. The van der Waals surface area contributed by atoms with Gasteiger partial charge in [0.2, 0.25) is 11.9 Å². The van der Waals surface area contributed by atoms with E-state index in [1.165, 1.54) is 13.0 Å². The highest BCUT2D eigenvalue weighted by Crippen LogP contribution is 2.21. The number of hydrogen-bond donors (Lipinski definition) is 3. The van der Waals surface area contributed by atoms with Gasteiger partial charge in [0.05, 0.1) is 11.7 Å². The Morgan fingerprint density at radius 1 is 1.43 bits per heavy atom. The second-order valence-electron chi connectivity index (χ2n) is 5.37. The van der Waals surface area contributed by atoms with Gasteiger partial charge in [-0.15, -0.1) is 0 Å². The van der Waals surface area contributed by atoms with E-state index < -0.39 is 5.82 Å². The highest BCUT2D eigenvalue weighted by Gasteiger charge is 2.14. The predicted molar refractivity (Wildman–Crippen MR) is 87.3 cm³/mol. The number of anilines is 2. The molecule has 1 amide bonds. The van der Waals surface area contributed by atoms with Crippen LogP contribution < -0.4 is 16.4 Å². The molecule has 2 aromatic rings. The predicted octanol–water partition coefficient (Wildman–Crippen LogP) is 1.85. The number of halogens is 1. The largest absolute Gasteiger partial charge is 0.368 e. The summed E-state index contributed by atoms with van der Waals surface area (Å²) in [5.74, 6) is -0.0944. The second-order valence-corrected chi connectivity index (χ2v) is 5.37. The Morgan fingerprint density at radius 2 is 2.22 bits per heavy atom. The molecule has 2 aromatic heterocycles. The summed E-state index contributed by atoms with van der Waals surface area (Å²) < 4.78 is 13.3. The molecular weight excluding hydrogens is 299 g/mol. The van der Waals surface area contributed by atoms with Crippen molar-refractivity contribution < 1.29 is 9.18 Å². The van der Waals surface area contributed by atoms with Crippen molar-refractivity contribution >= 4 is 28.7 Å². The minimum Gasteiger partial charge on any atom is -0.368 e. The normalized spacial score (nSPS) is 12.1. The Hall–Kier alpha value is -2.51. The maximum Gasteiger partial charge on any atom is 0.222 e. The molecule has 0 aliphatic rings. The Kier molecular flexibility index (Phi) is 5.61. The van der Waals surface area contributed by atoms with Gasteiger partial charge in [-0.2, -0.15) is 4.98 Å². The zero-order chi connectivity index (χ0) is 16.8. The van der Waals surface area contributed by atoms with Crippen LogP contribution in [0.25, 0.3) is 11.0 Å². The zero-order valence-electron chi connectivity index (χ0n) is 13.3. The molecule has 4 N–H and O–H groups in total. The van der Waals surface area contributed by atoms with Gasteiger partial charge in [-0.1, -0.05) is 19.8 Å². The number of pyridine rings is 1. The number of aromatic nitrogens is 3. The van der Waals surface area contributed by atoms with Crippen LogP contribution in [0.5, 0.6) is 0 Å². The first-order chi connectivity index (χ1) is 11.0. The van der Waals surface area contributed by atoms with Crippen LogP contribution in [0.4, 0.5) is 16.2 Å². The third-order valence-electron chi connectivity index (χ3n) is 3.36. The summed E-state index contributed by atoms with van der Waals surface area (Å²) in [5.41, 5.74) is 6.48. The molecule has 0 radical (unpaired) electrons. The van der Waals surface area contributed by atoms with Crippen molar-refractivity contribution in [2.75, 3.05) is 17.6 Å². The topological polar surface area (TPSA) is 106 Å². The number of nitrogens with two attached hydrogens (primary N) is 1. The van der Waals surface area contributed by atoms with Gasteiger partial charge < -0.3 is 16.4 Å². The van der Waals surface area contributed by atoms with Crippen LogP contribution in [-0.4, -0.2) is 33.4 Å². The van der Waals surface area contributed by atoms with Crippen molar-refractivity contribution in [3.05, 3.63) is 18.1 Å². The van der Waals surface area contributed by atoms with Gasteiger partial charge in [-0.05, 0) is 6.42 Å². The van der Waals surface area contributed by atoms with Crippen molar-refractivity contribution in [2.45, 2.75) is 39.2 Å². The van der Waals surface area contributed by atoms with Crippen molar-refractivity contribution in [3.8, 4) is 0 Å². The Labute approximate surface area is 133 Å². The number of unbranched alkanes of at least 4 members (excludes halogenated alkanes) is 1. The molecule has 0 fully saturated rings. The molecule has 7 nitrogen and oxygen atoms in total. The van der Waals surface area contributed by atoms with Gasteiger partial charge in [0.25, 0.3) is 0 Å². The van der Waals surface area contributed by atoms with Crippen LogP contribution >= 0.6 is 0 Å². The van der Waals surface area contributed by atoms with Crippen LogP contribution in [0.1, 0.15) is 33.1 Å². The highest BCUT2D eigenvalue weighted by molar-refractivity contribution is 5.86. The molecule has 0 saturated heterocycles. The average molecular weight is 320 g/mol. The number of amides is 1. The summed E-state index contributed by atoms with van der Waals surface area (Å²) in [4.78, 5) is 23.3. The number of fused-ring (bicyclic) bond motifs is 1. The summed E-state index contributed by atoms with van der Waals surface area (Å²) in [6, 6.07) is 1.24. The van der Waals surface area contributed by atoms with Gasteiger partial charge in [0.1, 0.15) is 11.3 Å². The fraction of sp³-hybridized carbons (Fsp3) is 0.467. The van der Waals surface area contributed by atoms with Crippen LogP contribution in [0, 0.1) is 5.82 Å². The molecule has 0 aliphatic carbocycles. The van der Waals surface area contributed by atoms with Gasteiger partial charge in [-0.25, -0.2) is 14.4 Å². The molecule has 0 aromatic carbocycles. The molecule has 1 unspecified atom stereocenters. The third kappa shape index (κ3) is 4.73. The molecule has 2 heterocycles. The smallest absolute Gasteiger partial charge is 0.222 e. The quantitative estimate of drug-likeness (QED) is 0.719. The maximum atomic E-state index is 13.3. The first kappa shape index (κ1) is 16.9. The van der Waals surface area contributed by atoms with Gasteiger partial charge in [-0.3, -0.25) is 4.79 Å². The van der Waals surface area contributed by atoms with Crippen LogP contribution in [0.2, 0.25) is 0 Å². The number of carbonyl (C=O) groups is 1. The summed E-state index contributed by atoms with van der Waals surface area (Å²) >= 11 is 0. The first-order valence-electron chi connectivity index (χ1n) is 7.59. The molecule has 1 atom stereocenters. The minimum atomic E-state index is -0.484. The number of hydrogen-bond acceptors (Lipinski definition) is 6. The first-order valence-corrected chi connectivity index (χ1v) is 7.59. The summed E-state index contributed by atoms with van der Waals surface area (Å²) in [6.07, 6.45) is 4.00. The number of nitrogens with one attached hydrogen (secondary N) is 2. The lowest BCUT2D eigenvalue weighted by molar-refractivity contribution is -0.119. The average Bonchev–Trinajstić information content (AvgIpc) is 2.49. The molecular formula is C15H21FN6O. The number of nitrogen functional groups attached to an aromatic ring is 1. The third-order valence-corrected chi connectivity index (χ3v) is 3.36. The van der Waals surface area contributed by atoms with Gasteiger partial charge >= 0.3 is 0 Å². The monoisotopic (exact) mass is 320 g/mol. The van der Waals surface area contributed by atoms with E-state index >= 15 is 0 Å².